The fourth-order valence-corrected chi connectivity index (χ4v) is 11.7. The number of hydrogen-bond acceptors (Lipinski definition) is 10. The Hall–Kier alpha value is -5.45. The molecule has 3 aromatic rings. The highest BCUT2D eigenvalue weighted by molar-refractivity contribution is 6.31. The van der Waals surface area contributed by atoms with E-state index < -0.39 is 23.8 Å². The average Bonchev–Trinajstić information content (AvgIpc) is 3.88. The quantitative estimate of drug-likeness (QED) is 0.264. The zero-order valence-corrected chi connectivity index (χ0v) is 35.8. The van der Waals surface area contributed by atoms with Crippen LogP contribution in [0.3, 0.4) is 0 Å². The van der Waals surface area contributed by atoms with Crippen molar-refractivity contribution in [3.05, 3.63) is 87.9 Å². The van der Waals surface area contributed by atoms with E-state index >= 15 is 0 Å². The minimum atomic E-state index is -0.968. The van der Waals surface area contributed by atoms with Crippen LogP contribution in [0.2, 0.25) is 5.02 Å². The second kappa shape index (κ2) is 15.5. The number of rotatable bonds is 9. The molecule has 3 atom stereocenters. The van der Waals surface area contributed by atoms with E-state index in [2.05, 4.69) is 71.2 Å². The highest BCUT2D eigenvalue weighted by Gasteiger charge is 2.64. The van der Waals surface area contributed by atoms with Gasteiger partial charge in [0, 0.05) is 92.1 Å². The third-order valence-electron chi connectivity index (χ3n) is 14.4. The van der Waals surface area contributed by atoms with E-state index in [9.17, 15) is 29.2 Å². The molecule has 3 unspecified atom stereocenters. The Bertz CT molecular complexity index is 2320. The molecule has 5 heterocycles. The summed E-state index contributed by atoms with van der Waals surface area (Å²) in [5.41, 5.74) is 3.01. The minimum Gasteiger partial charge on any atom is -0.489 e. The Kier molecular flexibility index (Phi) is 10.4. The summed E-state index contributed by atoms with van der Waals surface area (Å²) in [5, 5.41) is 15.1. The summed E-state index contributed by atoms with van der Waals surface area (Å²) in [6.45, 7) is 15.4. The molecule has 61 heavy (non-hydrogen) atoms. The number of fused-ring (bicyclic) bond motifs is 2. The Balaban J connectivity index is 0.732. The zero-order chi connectivity index (χ0) is 43.0. The van der Waals surface area contributed by atoms with E-state index in [1.165, 1.54) is 0 Å². The first-order chi connectivity index (χ1) is 29.1. The van der Waals surface area contributed by atoms with Crippen molar-refractivity contribution in [1.29, 1.82) is 5.26 Å². The number of piperidine rings is 2. The molecule has 0 bridgehead atoms. The minimum absolute atomic E-state index is 0.0954. The van der Waals surface area contributed by atoms with E-state index in [-0.39, 0.29) is 47.6 Å². The third-order valence-corrected chi connectivity index (χ3v) is 14.7. The maximum Gasteiger partial charge on any atom is 0.262 e. The second-order valence-corrected chi connectivity index (χ2v) is 19.5. The number of halogens is 1. The van der Waals surface area contributed by atoms with Gasteiger partial charge in [-0.25, -0.2) is 0 Å². The topological polar surface area (TPSA) is 155 Å². The van der Waals surface area contributed by atoms with E-state index in [0.717, 1.165) is 74.9 Å². The number of amides is 5. The molecule has 5 fully saturated rings. The van der Waals surface area contributed by atoms with Crippen molar-refractivity contribution in [2.75, 3.05) is 55.6 Å². The van der Waals surface area contributed by atoms with Crippen LogP contribution < -0.4 is 25.2 Å². The SMILES string of the molecule is CC1(C)C(NC(=O)c2ccc(N3CC4CN(CC5CCN(c6ccc7c(c6)C(=O)N(C6CCC(=O)NC6=O)C7=O)CC5)CC4C3)cc2)C(C)(C)C1Oc1ccc(C#N)c(Cl)c1. The van der Waals surface area contributed by atoms with Gasteiger partial charge in [-0.1, -0.05) is 39.3 Å². The van der Waals surface area contributed by atoms with Crippen molar-refractivity contribution in [1.82, 2.24) is 20.4 Å². The molecule has 4 saturated heterocycles. The molecule has 14 heteroatoms. The van der Waals surface area contributed by atoms with E-state index in [4.69, 9.17) is 16.3 Å². The maximum atomic E-state index is 13.6. The lowest BCUT2D eigenvalue weighted by molar-refractivity contribution is -0.164. The first kappa shape index (κ1) is 40.9. The standard InChI is InChI=1S/C47H52ClN7O6/c1-46(2)44(47(3,4)45(46)61-34-11-7-29(21-49)37(48)20-34)51-40(57)28-5-8-32(9-6-28)54-25-30-23-52(24-31(30)26-54)22-27-15-17-53(18-16-27)33-10-12-35-36(19-33)43(60)55(42(35)59)38-13-14-39(56)50-41(38)58/h5-12,19-20,27,30-31,38,44-45H,13-18,22-26H2,1-4H3,(H,51,57)(H,50,56,58). The van der Waals surface area contributed by atoms with Gasteiger partial charge < -0.3 is 24.8 Å². The summed E-state index contributed by atoms with van der Waals surface area (Å²) in [6, 6.07) is 19.5. The smallest absolute Gasteiger partial charge is 0.262 e. The number of likely N-dealkylation sites (tertiary alicyclic amines) is 1. The van der Waals surface area contributed by atoms with Crippen LogP contribution in [-0.4, -0.2) is 103 Å². The number of carbonyl (C=O) groups is 5. The van der Waals surface area contributed by atoms with Gasteiger partial charge >= 0.3 is 0 Å². The van der Waals surface area contributed by atoms with E-state index in [0.29, 0.717) is 50.8 Å². The summed E-state index contributed by atoms with van der Waals surface area (Å²) in [7, 11) is 0. The molecule has 1 aliphatic carbocycles. The number of carbonyl (C=O) groups excluding carboxylic acids is 5. The van der Waals surface area contributed by atoms with Crippen molar-refractivity contribution < 1.29 is 28.7 Å². The number of imide groups is 2. The first-order valence-electron chi connectivity index (χ1n) is 21.5. The lowest BCUT2D eigenvalue weighted by Gasteiger charge is -2.63. The summed E-state index contributed by atoms with van der Waals surface area (Å²) < 4.78 is 6.40. The van der Waals surface area contributed by atoms with Crippen molar-refractivity contribution in [3.8, 4) is 11.8 Å². The highest BCUT2D eigenvalue weighted by atomic mass is 35.5. The van der Waals surface area contributed by atoms with Crippen LogP contribution >= 0.6 is 11.6 Å². The van der Waals surface area contributed by atoms with Gasteiger partial charge in [-0.3, -0.25) is 34.2 Å². The van der Waals surface area contributed by atoms with Crippen LogP contribution in [0.4, 0.5) is 11.4 Å². The Morgan fingerprint density at radius 2 is 1.49 bits per heavy atom. The molecule has 6 aliphatic rings. The third kappa shape index (κ3) is 7.31. The predicted octanol–water partition coefficient (Wildman–Crippen LogP) is 5.51. The van der Waals surface area contributed by atoms with Gasteiger partial charge in [0.2, 0.25) is 11.8 Å². The van der Waals surface area contributed by atoms with Gasteiger partial charge in [0.15, 0.2) is 0 Å². The van der Waals surface area contributed by atoms with Crippen LogP contribution in [0.25, 0.3) is 0 Å². The van der Waals surface area contributed by atoms with Gasteiger partial charge in [0.05, 0.1) is 21.7 Å². The molecule has 1 saturated carbocycles. The van der Waals surface area contributed by atoms with Gasteiger partial charge in [-0.05, 0) is 91.6 Å². The van der Waals surface area contributed by atoms with Crippen LogP contribution in [0.15, 0.2) is 60.7 Å². The van der Waals surface area contributed by atoms with Crippen LogP contribution in [0.1, 0.15) is 90.0 Å². The largest absolute Gasteiger partial charge is 0.489 e. The Morgan fingerprint density at radius 1 is 0.836 bits per heavy atom. The molecule has 318 valence electrons. The number of nitrogens with one attached hydrogen (secondary N) is 2. The monoisotopic (exact) mass is 845 g/mol. The molecule has 9 rings (SSSR count). The predicted molar refractivity (Wildman–Crippen MR) is 230 cm³/mol. The Morgan fingerprint density at radius 3 is 2.13 bits per heavy atom. The molecule has 5 aliphatic heterocycles. The van der Waals surface area contributed by atoms with Crippen molar-refractivity contribution in [2.24, 2.45) is 28.6 Å². The van der Waals surface area contributed by atoms with Gasteiger partial charge in [-0.15, -0.1) is 0 Å². The van der Waals surface area contributed by atoms with Crippen LogP contribution in [0.5, 0.6) is 5.75 Å². The number of hydrogen-bond donors (Lipinski definition) is 2. The molecule has 5 amide bonds. The second-order valence-electron chi connectivity index (χ2n) is 19.1. The number of ether oxygens (including phenoxy) is 1. The fourth-order valence-electron chi connectivity index (χ4n) is 11.5. The number of nitriles is 1. The van der Waals surface area contributed by atoms with Crippen molar-refractivity contribution >= 4 is 52.5 Å². The number of anilines is 2. The van der Waals surface area contributed by atoms with E-state index in [1.54, 1.807) is 30.3 Å². The fraction of sp³-hybridized carbons (Fsp3) is 0.489. The van der Waals surface area contributed by atoms with Crippen LogP contribution in [0, 0.1) is 39.9 Å². The van der Waals surface area contributed by atoms with Gasteiger partial charge in [0.25, 0.3) is 17.7 Å². The summed E-state index contributed by atoms with van der Waals surface area (Å²) in [6.07, 6.45) is 2.15. The molecule has 13 nitrogen and oxygen atoms in total. The van der Waals surface area contributed by atoms with Gasteiger partial charge in [0.1, 0.15) is 24.0 Å². The molecule has 0 spiro atoms. The Labute approximate surface area is 361 Å². The van der Waals surface area contributed by atoms with Crippen molar-refractivity contribution in [3.63, 3.8) is 0 Å². The molecule has 3 aromatic carbocycles. The lowest BCUT2D eigenvalue weighted by atomic mass is 9.49. The molecular formula is C47H52ClN7O6. The van der Waals surface area contributed by atoms with Crippen molar-refractivity contribution in [2.45, 2.75) is 71.6 Å². The lowest BCUT2D eigenvalue weighted by Crippen LogP contribution is -2.74. The highest BCUT2D eigenvalue weighted by Crippen LogP contribution is 2.55. The molecule has 0 aromatic heterocycles. The average molecular weight is 846 g/mol. The van der Waals surface area contributed by atoms with E-state index in [1.807, 2.05) is 18.2 Å². The molecular weight excluding hydrogens is 794 g/mol. The molecule has 2 N–H and O–H groups in total. The first-order valence-corrected chi connectivity index (χ1v) is 21.8. The number of nitrogens with zero attached hydrogens (tertiary/aromatic N) is 5. The normalized spacial score (nSPS) is 27.0. The summed E-state index contributed by atoms with van der Waals surface area (Å²) in [4.78, 5) is 72.6. The van der Waals surface area contributed by atoms with Gasteiger partial charge in [-0.2, -0.15) is 5.26 Å². The summed E-state index contributed by atoms with van der Waals surface area (Å²) >= 11 is 6.26. The maximum absolute atomic E-state index is 13.6. The number of benzene rings is 3. The molecule has 0 radical (unpaired) electrons. The van der Waals surface area contributed by atoms with Crippen LogP contribution in [-0.2, 0) is 9.59 Å². The summed E-state index contributed by atoms with van der Waals surface area (Å²) in [5.74, 6) is 0.348. The zero-order valence-electron chi connectivity index (χ0n) is 35.1.